The summed E-state index contributed by atoms with van der Waals surface area (Å²) in [5.74, 6) is -0.212. The van der Waals surface area contributed by atoms with Crippen molar-refractivity contribution in [3.63, 3.8) is 0 Å². The predicted molar refractivity (Wildman–Crippen MR) is 47.0 cm³/mol. The van der Waals surface area contributed by atoms with E-state index in [2.05, 4.69) is 0 Å². The lowest BCUT2D eigenvalue weighted by atomic mass is 10.2. The van der Waals surface area contributed by atoms with Crippen LogP contribution in [0.5, 0.6) is 0 Å². The van der Waals surface area contributed by atoms with E-state index in [1.54, 1.807) is 11.8 Å². The van der Waals surface area contributed by atoms with Gasteiger partial charge in [-0.2, -0.15) is 0 Å². The molecule has 4 heteroatoms. The largest absolute Gasteiger partial charge is 0.464 e. The first-order valence-electron chi connectivity index (χ1n) is 4.66. The molecule has 1 heterocycles. The molecule has 0 radical (unpaired) electrons. The topological polar surface area (TPSA) is 46.6 Å². The summed E-state index contributed by atoms with van der Waals surface area (Å²) < 4.78 is 4.87. The van der Waals surface area contributed by atoms with Crippen LogP contribution in [0.15, 0.2) is 0 Å². The predicted octanol–water partition coefficient (Wildman–Crippen LogP) is 0.560. The quantitative estimate of drug-likeness (QED) is 0.603. The fourth-order valence-electron chi connectivity index (χ4n) is 1.61. The van der Waals surface area contributed by atoms with Gasteiger partial charge in [-0.1, -0.05) is 0 Å². The second-order valence-corrected chi connectivity index (χ2v) is 2.99. The van der Waals surface area contributed by atoms with Gasteiger partial charge in [0.15, 0.2) is 0 Å². The van der Waals surface area contributed by atoms with Gasteiger partial charge in [-0.25, -0.2) is 4.79 Å². The number of rotatable bonds is 3. The number of nitrogens with zero attached hydrogens (tertiary/aromatic N) is 1. The zero-order chi connectivity index (χ0) is 9.84. The Morgan fingerprint density at radius 1 is 1.62 bits per heavy atom. The van der Waals surface area contributed by atoms with Crippen LogP contribution in [0.4, 0.5) is 0 Å². The van der Waals surface area contributed by atoms with Crippen LogP contribution >= 0.6 is 0 Å². The smallest absolute Gasteiger partial charge is 0.328 e. The summed E-state index contributed by atoms with van der Waals surface area (Å²) >= 11 is 0. The van der Waals surface area contributed by atoms with Gasteiger partial charge < -0.3 is 9.64 Å². The van der Waals surface area contributed by atoms with E-state index >= 15 is 0 Å². The summed E-state index contributed by atoms with van der Waals surface area (Å²) in [4.78, 5) is 24.2. The molecule has 0 aromatic rings. The molecule has 0 spiro atoms. The van der Waals surface area contributed by atoms with Gasteiger partial charge in [0, 0.05) is 13.0 Å². The van der Waals surface area contributed by atoms with Crippen LogP contribution in [0.1, 0.15) is 26.7 Å². The van der Waals surface area contributed by atoms with Crippen LogP contribution in [0, 0.1) is 0 Å². The van der Waals surface area contributed by atoms with Crippen molar-refractivity contribution in [3.05, 3.63) is 0 Å². The summed E-state index contributed by atoms with van der Waals surface area (Å²) in [6.07, 6.45) is 1.07. The van der Waals surface area contributed by atoms with Gasteiger partial charge in [-0.15, -0.1) is 0 Å². The van der Waals surface area contributed by atoms with Gasteiger partial charge in [0.2, 0.25) is 5.91 Å². The maximum Gasteiger partial charge on any atom is 0.328 e. The summed E-state index contributed by atoms with van der Waals surface area (Å²) in [6.45, 7) is 4.60. The molecular formula is C9H15NO3. The second kappa shape index (κ2) is 4.25. The van der Waals surface area contributed by atoms with Crippen molar-refractivity contribution in [1.82, 2.24) is 4.90 Å². The average Bonchev–Trinajstić information content (AvgIpc) is 2.47. The van der Waals surface area contributed by atoms with E-state index < -0.39 is 0 Å². The molecule has 4 nitrogen and oxygen atoms in total. The first-order valence-corrected chi connectivity index (χ1v) is 4.66. The van der Waals surface area contributed by atoms with E-state index in [4.69, 9.17) is 4.74 Å². The zero-order valence-electron chi connectivity index (χ0n) is 8.08. The highest BCUT2D eigenvalue weighted by molar-refractivity contribution is 5.88. The third kappa shape index (κ3) is 1.99. The van der Waals surface area contributed by atoms with Crippen LogP contribution in [0.3, 0.4) is 0 Å². The molecule has 0 aliphatic carbocycles. The van der Waals surface area contributed by atoms with Crippen molar-refractivity contribution >= 4 is 11.9 Å². The fourth-order valence-corrected chi connectivity index (χ4v) is 1.61. The number of likely N-dealkylation sites (tertiary alicyclic amines) is 1. The molecule has 1 aliphatic heterocycles. The Hall–Kier alpha value is -1.06. The van der Waals surface area contributed by atoms with Gasteiger partial charge in [-0.05, 0) is 20.3 Å². The van der Waals surface area contributed by atoms with Crippen molar-refractivity contribution < 1.29 is 14.3 Å². The maximum atomic E-state index is 11.3. The molecule has 1 aliphatic rings. The summed E-state index contributed by atoms with van der Waals surface area (Å²) in [6, 6.07) is -0.336. The number of esters is 1. The van der Waals surface area contributed by atoms with Gasteiger partial charge in [0.1, 0.15) is 6.04 Å². The molecule has 1 fully saturated rings. The summed E-state index contributed by atoms with van der Waals surface area (Å²) in [7, 11) is 0. The number of hydrogen-bond acceptors (Lipinski definition) is 3. The van der Waals surface area contributed by atoms with Crippen LogP contribution in [0.25, 0.3) is 0 Å². The molecule has 1 atom stereocenters. The monoisotopic (exact) mass is 185 g/mol. The summed E-state index contributed by atoms with van der Waals surface area (Å²) in [5.41, 5.74) is 0. The normalized spacial score (nSPS) is 22.2. The van der Waals surface area contributed by atoms with E-state index in [1.807, 2.05) is 6.92 Å². The molecule has 0 unspecified atom stereocenters. The molecule has 0 aromatic heterocycles. The number of likely N-dealkylation sites (N-methyl/N-ethyl adjacent to an activating group) is 1. The first-order chi connectivity index (χ1) is 6.20. The molecule has 74 valence electrons. The highest BCUT2D eigenvalue weighted by atomic mass is 16.5. The Balaban J connectivity index is 2.59. The van der Waals surface area contributed by atoms with Gasteiger partial charge in [0.25, 0.3) is 0 Å². The molecular weight excluding hydrogens is 170 g/mol. The second-order valence-electron chi connectivity index (χ2n) is 2.99. The van der Waals surface area contributed by atoms with Gasteiger partial charge in [-0.3, -0.25) is 4.79 Å². The van der Waals surface area contributed by atoms with Crippen LogP contribution < -0.4 is 0 Å². The standard InChI is InChI=1S/C9H15NO3/c1-3-10-7(5-6-8(10)11)9(12)13-4-2/h7H,3-6H2,1-2H3/t7-/m0/s1. The minimum absolute atomic E-state index is 0.0561. The summed E-state index contributed by atoms with van der Waals surface area (Å²) in [5, 5.41) is 0. The number of amides is 1. The van der Waals surface area contributed by atoms with Crippen LogP contribution in [0.2, 0.25) is 0 Å². The van der Waals surface area contributed by atoms with Crippen molar-refractivity contribution in [2.45, 2.75) is 32.7 Å². The van der Waals surface area contributed by atoms with E-state index in [9.17, 15) is 9.59 Å². The molecule has 0 saturated carbocycles. The van der Waals surface area contributed by atoms with Crippen molar-refractivity contribution in [2.75, 3.05) is 13.2 Å². The minimum Gasteiger partial charge on any atom is -0.464 e. The van der Waals surface area contributed by atoms with Crippen LogP contribution in [-0.2, 0) is 14.3 Å². The lowest BCUT2D eigenvalue weighted by Crippen LogP contribution is -2.39. The first kappa shape index (κ1) is 10.0. The third-order valence-electron chi connectivity index (χ3n) is 2.23. The highest BCUT2D eigenvalue weighted by Crippen LogP contribution is 2.19. The Morgan fingerprint density at radius 3 is 2.85 bits per heavy atom. The molecule has 1 rings (SSSR count). The molecule has 0 aromatic carbocycles. The number of carbonyl (C=O) groups excluding carboxylic acids is 2. The fraction of sp³-hybridized carbons (Fsp3) is 0.778. The lowest BCUT2D eigenvalue weighted by molar-refractivity contribution is -0.151. The van der Waals surface area contributed by atoms with Gasteiger partial charge in [0.05, 0.1) is 6.61 Å². The van der Waals surface area contributed by atoms with E-state index in [-0.39, 0.29) is 17.9 Å². The van der Waals surface area contributed by atoms with Crippen molar-refractivity contribution in [1.29, 1.82) is 0 Å². The molecule has 1 amide bonds. The average molecular weight is 185 g/mol. The SMILES string of the molecule is CCOC(=O)[C@@H]1CCC(=O)N1CC. The van der Waals surface area contributed by atoms with E-state index in [0.717, 1.165) is 0 Å². The van der Waals surface area contributed by atoms with Gasteiger partial charge >= 0.3 is 5.97 Å². The Kier molecular flexibility index (Phi) is 3.28. The van der Waals surface area contributed by atoms with E-state index in [0.29, 0.717) is 26.0 Å². The number of carbonyl (C=O) groups is 2. The third-order valence-corrected chi connectivity index (χ3v) is 2.23. The maximum absolute atomic E-state index is 11.3. The van der Waals surface area contributed by atoms with E-state index in [1.165, 1.54) is 0 Å². The molecule has 1 saturated heterocycles. The van der Waals surface area contributed by atoms with Crippen molar-refractivity contribution in [2.24, 2.45) is 0 Å². The Morgan fingerprint density at radius 2 is 2.31 bits per heavy atom. The van der Waals surface area contributed by atoms with Crippen molar-refractivity contribution in [3.8, 4) is 0 Å². The lowest BCUT2D eigenvalue weighted by Gasteiger charge is -2.20. The minimum atomic E-state index is -0.336. The zero-order valence-corrected chi connectivity index (χ0v) is 8.08. The Labute approximate surface area is 77.8 Å². The highest BCUT2D eigenvalue weighted by Gasteiger charge is 2.35. The molecule has 0 bridgehead atoms. The Bertz CT molecular complexity index is 215. The van der Waals surface area contributed by atoms with Crippen LogP contribution in [-0.4, -0.2) is 36.0 Å². The number of hydrogen-bond donors (Lipinski definition) is 0. The number of ether oxygens (including phenoxy) is 1. The molecule has 0 N–H and O–H groups in total. The molecule has 13 heavy (non-hydrogen) atoms.